The molecule has 6 nitrogen and oxygen atoms in total. The number of ether oxygens (including phenoxy) is 4. The number of methoxy groups -OCH3 is 2. The molecule has 6 heteroatoms. The third-order valence-corrected chi connectivity index (χ3v) is 6.14. The van der Waals surface area contributed by atoms with Crippen molar-refractivity contribution in [2.75, 3.05) is 39.0 Å². The summed E-state index contributed by atoms with van der Waals surface area (Å²) in [4.78, 5) is 4.98. The number of hydrogen-bond donors (Lipinski definition) is 0. The molecule has 2 aliphatic heterocycles. The van der Waals surface area contributed by atoms with Crippen LogP contribution in [0.15, 0.2) is 36.4 Å². The molecule has 170 valence electrons. The van der Waals surface area contributed by atoms with Gasteiger partial charge in [0.1, 0.15) is 5.75 Å². The highest BCUT2D eigenvalue weighted by atomic mass is 16.5. The molecular weight excluding hydrogens is 404 g/mol. The minimum atomic E-state index is -0.258. The first kappa shape index (κ1) is 22.3. The van der Waals surface area contributed by atoms with E-state index in [4.69, 9.17) is 25.4 Å². The zero-order valence-electron chi connectivity index (χ0n) is 19.2. The number of hydrogen-bond acceptors (Lipinski definition) is 6. The van der Waals surface area contributed by atoms with Crippen molar-refractivity contribution < 1.29 is 18.9 Å². The SMILES string of the molecule is C#CC(C)Oc1ccc2c(c1)CN(Cc1ccc(OC)c(OC)c1)CN2C1CCOCC1. The lowest BCUT2D eigenvalue weighted by atomic mass is 10.0. The average Bonchev–Trinajstić information content (AvgIpc) is 2.83. The van der Waals surface area contributed by atoms with E-state index in [9.17, 15) is 0 Å². The van der Waals surface area contributed by atoms with Gasteiger partial charge in [-0.3, -0.25) is 4.90 Å². The molecule has 0 spiro atoms. The van der Waals surface area contributed by atoms with E-state index in [0.717, 1.165) is 63.1 Å². The molecule has 0 radical (unpaired) electrons. The lowest BCUT2D eigenvalue weighted by molar-refractivity contribution is 0.0793. The van der Waals surface area contributed by atoms with Gasteiger partial charge < -0.3 is 23.8 Å². The van der Waals surface area contributed by atoms with E-state index in [1.807, 2.05) is 19.1 Å². The van der Waals surface area contributed by atoms with Crippen LogP contribution in [0.4, 0.5) is 5.69 Å². The van der Waals surface area contributed by atoms with Gasteiger partial charge in [-0.25, -0.2) is 0 Å². The topological polar surface area (TPSA) is 43.4 Å². The van der Waals surface area contributed by atoms with Gasteiger partial charge in [0.15, 0.2) is 17.6 Å². The summed E-state index contributed by atoms with van der Waals surface area (Å²) in [5.41, 5.74) is 3.72. The fourth-order valence-electron chi connectivity index (χ4n) is 4.51. The molecule has 4 rings (SSSR count). The van der Waals surface area contributed by atoms with E-state index in [-0.39, 0.29) is 6.10 Å². The number of rotatable bonds is 7. The largest absolute Gasteiger partial charge is 0.493 e. The van der Waals surface area contributed by atoms with Crippen molar-refractivity contribution in [3.63, 3.8) is 0 Å². The molecule has 1 unspecified atom stereocenters. The number of anilines is 1. The van der Waals surface area contributed by atoms with Crippen molar-refractivity contribution in [3.8, 4) is 29.6 Å². The van der Waals surface area contributed by atoms with Gasteiger partial charge in [0.05, 0.1) is 20.9 Å². The van der Waals surface area contributed by atoms with Gasteiger partial charge in [-0.2, -0.15) is 0 Å². The minimum absolute atomic E-state index is 0.258. The molecule has 0 N–H and O–H groups in total. The van der Waals surface area contributed by atoms with Crippen LogP contribution in [0.25, 0.3) is 0 Å². The molecule has 2 aromatic carbocycles. The third kappa shape index (κ3) is 4.95. The highest BCUT2D eigenvalue weighted by molar-refractivity contribution is 5.58. The van der Waals surface area contributed by atoms with Crippen LogP contribution in [0, 0.1) is 12.3 Å². The lowest BCUT2D eigenvalue weighted by Gasteiger charge is -2.44. The monoisotopic (exact) mass is 436 g/mol. The van der Waals surface area contributed by atoms with E-state index in [2.05, 4.69) is 40.0 Å². The van der Waals surface area contributed by atoms with Crippen LogP contribution in [0.5, 0.6) is 17.2 Å². The van der Waals surface area contributed by atoms with Crippen molar-refractivity contribution in [2.45, 2.75) is 45.0 Å². The molecule has 1 atom stereocenters. The smallest absolute Gasteiger partial charge is 0.161 e. The van der Waals surface area contributed by atoms with Crippen molar-refractivity contribution in [2.24, 2.45) is 0 Å². The first-order valence-corrected chi connectivity index (χ1v) is 11.1. The van der Waals surface area contributed by atoms with Crippen LogP contribution in [-0.2, 0) is 17.8 Å². The van der Waals surface area contributed by atoms with Gasteiger partial charge in [0.25, 0.3) is 0 Å². The molecule has 0 saturated carbocycles. The Labute approximate surface area is 191 Å². The molecule has 0 amide bonds. The van der Waals surface area contributed by atoms with Gasteiger partial charge in [-0.15, -0.1) is 6.42 Å². The highest BCUT2D eigenvalue weighted by Crippen LogP contribution is 2.35. The summed E-state index contributed by atoms with van der Waals surface area (Å²) in [6, 6.07) is 12.9. The molecule has 2 aliphatic rings. The summed E-state index contributed by atoms with van der Waals surface area (Å²) in [7, 11) is 3.33. The molecule has 0 aromatic heterocycles. The first-order chi connectivity index (χ1) is 15.6. The predicted octanol–water partition coefficient (Wildman–Crippen LogP) is 4.06. The van der Waals surface area contributed by atoms with E-state index < -0.39 is 0 Å². The zero-order chi connectivity index (χ0) is 22.5. The van der Waals surface area contributed by atoms with E-state index in [0.29, 0.717) is 6.04 Å². The molecule has 2 heterocycles. The first-order valence-electron chi connectivity index (χ1n) is 11.1. The third-order valence-electron chi connectivity index (χ3n) is 6.14. The highest BCUT2D eigenvalue weighted by Gasteiger charge is 2.30. The molecule has 1 fully saturated rings. The maximum Gasteiger partial charge on any atom is 0.161 e. The van der Waals surface area contributed by atoms with Crippen molar-refractivity contribution in [1.29, 1.82) is 0 Å². The Hall–Kier alpha value is -2.88. The number of terminal acetylenes is 1. The second-order valence-corrected chi connectivity index (χ2v) is 8.35. The van der Waals surface area contributed by atoms with Gasteiger partial charge in [0, 0.05) is 38.0 Å². The van der Waals surface area contributed by atoms with Gasteiger partial charge in [-0.05, 0) is 61.2 Å². The Morgan fingerprint density at radius 3 is 2.59 bits per heavy atom. The molecule has 0 bridgehead atoms. The van der Waals surface area contributed by atoms with Crippen LogP contribution >= 0.6 is 0 Å². The minimum Gasteiger partial charge on any atom is -0.493 e. The number of benzene rings is 2. The maximum absolute atomic E-state index is 5.90. The Morgan fingerprint density at radius 1 is 1.09 bits per heavy atom. The summed E-state index contributed by atoms with van der Waals surface area (Å²) in [5.74, 6) is 4.95. The van der Waals surface area contributed by atoms with Crippen LogP contribution in [0.3, 0.4) is 0 Å². The number of nitrogens with zero attached hydrogens (tertiary/aromatic N) is 2. The average molecular weight is 437 g/mol. The number of fused-ring (bicyclic) bond motifs is 1. The van der Waals surface area contributed by atoms with E-state index in [1.165, 1.54) is 16.8 Å². The Bertz CT molecular complexity index is 965. The summed E-state index contributed by atoms with van der Waals surface area (Å²) >= 11 is 0. The molecule has 0 aliphatic carbocycles. The maximum atomic E-state index is 5.90. The Morgan fingerprint density at radius 2 is 1.88 bits per heavy atom. The van der Waals surface area contributed by atoms with Crippen LogP contribution in [0.2, 0.25) is 0 Å². The molecular formula is C26H32N2O4. The summed E-state index contributed by atoms with van der Waals surface area (Å²) in [6.45, 7) is 6.03. The Kier molecular flexibility index (Phi) is 7.09. The second-order valence-electron chi connectivity index (χ2n) is 8.35. The predicted molar refractivity (Wildman–Crippen MR) is 125 cm³/mol. The normalized spacial score (nSPS) is 17.9. The molecule has 1 saturated heterocycles. The van der Waals surface area contributed by atoms with Crippen LogP contribution < -0.4 is 19.1 Å². The van der Waals surface area contributed by atoms with Crippen LogP contribution in [-0.4, -0.2) is 51.1 Å². The summed E-state index contributed by atoms with van der Waals surface area (Å²) in [6.07, 6.45) is 7.32. The quantitative estimate of drug-likeness (QED) is 0.610. The fourth-order valence-corrected chi connectivity index (χ4v) is 4.51. The summed E-state index contributed by atoms with van der Waals surface area (Å²) < 4.78 is 22.4. The van der Waals surface area contributed by atoms with Gasteiger partial charge in [0.2, 0.25) is 0 Å². The molecule has 32 heavy (non-hydrogen) atoms. The van der Waals surface area contributed by atoms with E-state index in [1.54, 1.807) is 14.2 Å². The van der Waals surface area contributed by atoms with Crippen molar-refractivity contribution in [3.05, 3.63) is 47.5 Å². The zero-order valence-corrected chi connectivity index (χ0v) is 19.2. The Balaban J connectivity index is 1.60. The lowest BCUT2D eigenvalue weighted by Crippen LogP contribution is -2.49. The van der Waals surface area contributed by atoms with Gasteiger partial charge >= 0.3 is 0 Å². The fraction of sp³-hybridized carbons (Fsp3) is 0.462. The van der Waals surface area contributed by atoms with E-state index >= 15 is 0 Å². The van der Waals surface area contributed by atoms with Gasteiger partial charge in [-0.1, -0.05) is 12.0 Å². The van der Waals surface area contributed by atoms with Crippen molar-refractivity contribution in [1.82, 2.24) is 4.90 Å². The molecule has 2 aromatic rings. The second kappa shape index (κ2) is 10.2. The van der Waals surface area contributed by atoms with Crippen LogP contribution in [0.1, 0.15) is 30.9 Å². The standard InChI is InChI=1S/C26H32N2O4/c1-5-19(2)32-23-7-8-24-21(15-23)17-27(18-28(24)22-10-12-31-13-11-22)16-20-6-9-25(29-3)26(14-20)30-4/h1,6-9,14-15,19,22H,10-13,16-18H2,2-4H3. The van der Waals surface area contributed by atoms with Crippen molar-refractivity contribution >= 4 is 5.69 Å². The summed E-state index contributed by atoms with van der Waals surface area (Å²) in [5, 5.41) is 0.